The molecule has 0 unspecified atom stereocenters. The Balaban J connectivity index is 1.41. The summed E-state index contributed by atoms with van der Waals surface area (Å²) in [4.78, 5) is 25.9. The van der Waals surface area contributed by atoms with E-state index in [4.69, 9.17) is 4.74 Å². The molecule has 1 aliphatic heterocycles. The number of hydrogen-bond acceptors (Lipinski definition) is 4. The highest BCUT2D eigenvalue weighted by Gasteiger charge is 2.16. The molecule has 0 spiro atoms. The molecule has 0 saturated carbocycles. The van der Waals surface area contributed by atoms with E-state index < -0.39 is 0 Å². The van der Waals surface area contributed by atoms with E-state index in [9.17, 15) is 9.59 Å². The summed E-state index contributed by atoms with van der Waals surface area (Å²) in [6.07, 6.45) is 8.96. The van der Waals surface area contributed by atoms with Crippen molar-refractivity contribution in [2.75, 3.05) is 29.9 Å². The summed E-state index contributed by atoms with van der Waals surface area (Å²) in [5.74, 6) is -0.357. The van der Waals surface area contributed by atoms with E-state index in [-0.39, 0.29) is 24.4 Å². The summed E-state index contributed by atoms with van der Waals surface area (Å²) in [6.45, 7) is 1.96. The smallest absolute Gasteiger partial charge is 0.306 e. The van der Waals surface area contributed by atoms with Crippen LogP contribution in [-0.4, -0.2) is 31.6 Å². The van der Waals surface area contributed by atoms with Gasteiger partial charge in [0.05, 0.1) is 6.42 Å². The van der Waals surface area contributed by atoms with Crippen LogP contribution in [0.4, 0.5) is 11.4 Å². The highest BCUT2D eigenvalue weighted by molar-refractivity contribution is 5.93. The van der Waals surface area contributed by atoms with Crippen LogP contribution in [0.1, 0.15) is 32.1 Å². The first kappa shape index (κ1) is 16.6. The quantitative estimate of drug-likeness (QED) is 0.644. The lowest BCUT2D eigenvalue weighted by molar-refractivity contribution is -0.147. The van der Waals surface area contributed by atoms with Crippen LogP contribution in [0.5, 0.6) is 0 Å². The van der Waals surface area contributed by atoms with Crippen LogP contribution in [0.3, 0.4) is 0 Å². The zero-order chi connectivity index (χ0) is 16.8. The van der Waals surface area contributed by atoms with Crippen LogP contribution in [0.2, 0.25) is 0 Å². The largest absolute Gasteiger partial charge is 0.456 e. The molecule has 5 nitrogen and oxygen atoms in total. The Morgan fingerprint density at radius 2 is 1.92 bits per heavy atom. The molecule has 1 aromatic rings. The Bertz CT molecular complexity index is 604. The highest BCUT2D eigenvalue weighted by Crippen LogP contribution is 2.22. The number of hydrogen-bond donors (Lipinski definition) is 1. The maximum atomic E-state index is 11.9. The summed E-state index contributed by atoms with van der Waals surface area (Å²) >= 11 is 0. The predicted molar refractivity (Wildman–Crippen MR) is 94.0 cm³/mol. The van der Waals surface area contributed by atoms with Gasteiger partial charge in [0, 0.05) is 24.5 Å². The van der Waals surface area contributed by atoms with E-state index in [0.717, 1.165) is 31.6 Å². The van der Waals surface area contributed by atoms with Crippen LogP contribution in [0.25, 0.3) is 0 Å². The molecule has 0 radical (unpaired) electrons. The molecular weight excluding hydrogens is 304 g/mol. The number of esters is 1. The second-order valence-corrected chi connectivity index (χ2v) is 6.42. The Hall–Kier alpha value is -2.30. The van der Waals surface area contributed by atoms with E-state index in [1.807, 2.05) is 30.3 Å². The topological polar surface area (TPSA) is 58.6 Å². The van der Waals surface area contributed by atoms with Crippen molar-refractivity contribution in [3.8, 4) is 0 Å². The third-order valence-electron chi connectivity index (χ3n) is 4.53. The van der Waals surface area contributed by atoms with Crippen molar-refractivity contribution < 1.29 is 14.3 Å². The average molecular weight is 328 g/mol. The fourth-order valence-corrected chi connectivity index (χ4v) is 3.21. The van der Waals surface area contributed by atoms with Crippen molar-refractivity contribution in [3.05, 3.63) is 36.4 Å². The van der Waals surface area contributed by atoms with Crippen LogP contribution < -0.4 is 10.2 Å². The van der Waals surface area contributed by atoms with Gasteiger partial charge in [-0.15, -0.1) is 0 Å². The first-order valence-corrected chi connectivity index (χ1v) is 8.68. The van der Waals surface area contributed by atoms with Gasteiger partial charge in [-0.2, -0.15) is 0 Å². The number of carbonyl (C=O) groups is 2. The molecule has 3 rings (SSSR count). The lowest BCUT2D eigenvalue weighted by Gasteiger charge is -2.17. The van der Waals surface area contributed by atoms with Gasteiger partial charge in [0.2, 0.25) is 0 Å². The molecule has 1 N–H and O–H groups in total. The zero-order valence-electron chi connectivity index (χ0n) is 13.9. The molecule has 0 bridgehead atoms. The summed E-state index contributed by atoms with van der Waals surface area (Å²) in [7, 11) is 0. The number of nitrogens with one attached hydrogen (secondary N) is 1. The third kappa shape index (κ3) is 4.60. The van der Waals surface area contributed by atoms with Crippen molar-refractivity contribution in [1.82, 2.24) is 0 Å². The normalized spacial score (nSPS) is 19.5. The maximum absolute atomic E-state index is 11.9. The average Bonchev–Trinajstić information content (AvgIpc) is 3.27. The van der Waals surface area contributed by atoms with E-state index in [1.165, 1.54) is 18.5 Å². The Morgan fingerprint density at radius 1 is 1.17 bits per heavy atom. The fourth-order valence-electron chi connectivity index (χ4n) is 3.21. The molecule has 24 heavy (non-hydrogen) atoms. The first-order chi connectivity index (χ1) is 11.7. The number of anilines is 2. The molecule has 0 aromatic heterocycles. The monoisotopic (exact) mass is 328 g/mol. The van der Waals surface area contributed by atoms with E-state index in [0.29, 0.717) is 6.42 Å². The molecule has 2 aliphatic rings. The maximum Gasteiger partial charge on any atom is 0.306 e. The van der Waals surface area contributed by atoms with Gasteiger partial charge < -0.3 is 15.0 Å². The highest BCUT2D eigenvalue weighted by atomic mass is 16.5. The number of nitrogens with zero attached hydrogens (tertiary/aromatic N) is 1. The first-order valence-electron chi connectivity index (χ1n) is 8.68. The molecule has 1 fully saturated rings. The number of amides is 1. The number of benzene rings is 1. The van der Waals surface area contributed by atoms with Crippen molar-refractivity contribution in [2.24, 2.45) is 5.92 Å². The molecule has 128 valence electrons. The zero-order valence-corrected chi connectivity index (χ0v) is 13.9. The van der Waals surface area contributed by atoms with Gasteiger partial charge in [-0.3, -0.25) is 9.59 Å². The standard InChI is InChI=1S/C19H24N2O3/c22-18(14-24-19(23)13-15-5-1-2-6-15)20-16-7-9-17(10-8-16)21-11-3-4-12-21/h1,5,7-10,15H,2-4,6,11-14H2,(H,20,22)/t15-/m1/s1. The summed E-state index contributed by atoms with van der Waals surface area (Å²) in [5, 5.41) is 2.76. The van der Waals surface area contributed by atoms with Gasteiger partial charge in [0.1, 0.15) is 0 Å². The molecule has 1 aliphatic carbocycles. The van der Waals surface area contributed by atoms with Crippen LogP contribution in [0.15, 0.2) is 36.4 Å². The van der Waals surface area contributed by atoms with Gasteiger partial charge in [0.15, 0.2) is 6.61 Å². The number of allylic oxidation sites excluding steroid dienone is 2. The molecule has 1 atom stereocenters. The predicted octanol–water partition coefficient (Wildman–Crippen LogP) is 3.12. The lowest BCUT2D eigenvalue weighted by Crippen LogP contribution is -2.22. The molecular formula is C19H24N2O3. The Labute approximate surface area is 142 Å². The second kappa shape index (κ2) is 7.99. The third-order valence-corrected chi connectivity index (χ3v) is 4.53. The van der Waals surface area contributed by atoms with E-state index in [2.05, 4.69) is 16.3 Å². The minimum Gasteiger partial charge on any atom is -0.456 e. The minimum atomic E-state index is -0.314. The van der Waals surface area contributed by atoms with E-state index >= 15 is 0 Å². The number of ether oxygens (including phenoxy) is 1. The van der Waals surface area contributed by atoms with Crippen LogP contribution >= 0.6 is 0 Å². The SMILES string of the molecule is O=C(COC(=O)C[C@@H]1C=CCC1)Nc1ccc(N2CCCC2)cc1. The molecule has 1 amide bonds. The Kier molecular flexibility index (Phi) is 5.51. The number of carbonyl (C=O) groups excluding carboxylic acids is 2. The summed E-state index contributed by atoms with van der Waals surface area (Å²) in [6, 6.07) is 7.80. The van der Waals surface area contributed by atoms with Crippen molar-refractivity contribution in [2.45, 2.75) is 32.1 Å². The van der Waals surface area contributed by atoms with Gasteiger partial charge in [-0.25, -0.2) is 0 Å². The molecule has 5 heteroatoms. The summed E-state index contributed by atoms with van der Waals surface area (Å²) in [5.41, 5.74) is 1.90. The molecule has 1 saturated heterocycles. The van der Waals surface area contributed by atoms with Crippen LogP contribution in [-0.2, 0) is 14.3 Å². The van der Waals surface area contributed by atoms with E-state index in [1.54, 1.807) is 0 Å². The van der Waals surface area contributed by atoms with Crippen molar-refractivity contribution >= 4 is 23.3 Å². The number of rotatable bonds is 6. The fraction of sp³-hybridized carbons (Fsp3) is 0.474. The lowest BCUT2D eigenvalue weighted by atomic mass is 10.1. The van der Waals surface area contributed by atoms with Crippen molar-refractivity contribution in [3.63, 3.8) is 0 Å². The van der Waals surface area contributed by atoms with Gasteiger partial charge >= 0.3 is 5.97 Å². The molecule has 1 aromatic carbocycles. The Morgan fingerprint density at radius 3 is 2.58 bits per heavy atom. The van der Waals surface area contributed by atoms with Crippen molar-refractivity contribution in [1.29, 1.82) is 0 Å². The van der Waals surface area contributed by atoms with Gasteiger partial charge in [-0.1, -0.05) is 12.2 Å². The minimum absolute atomic E-state index is 0.233. The van der Waals surface area contributed by atoms with Gasteiger partial charge in [0.25, 0.3) is 5.91 Å². The molecule has 1 heterocycles. The van der Waals surface area contributed by atoms with Gasteiger partial charge in [-0.05, 0) is 55.9 Å². The van der Waals surface area contributed by atoms with Crippen LogP contribution in [0, 0.1) is 5.92 Å². The second-order valence-electron chi connectivity index (χ2n) is 6.42. The summed E-state index contributed by atoms with van der Waals surface area (Å²) < 4.78 is 5.05.